The fourth-order valence-corrected chi connectivity index (χ4v) is 2.90. The van der Waals surface area contributed by atoms with Gasteiger partial charge in [-0.2, -0.15) is 0 Å². The highest BCUT2D eigenvalue weighted by Crippen LogP contribution is 2.20. The van der Waals surface area contributed by atoms with Crippen LogP contribution in [0.25, 0.3) is 10.9 Å². The average Bonchev–Trinajstić information content (AvgIpc) is 2.61. The van der Waals surface area contributed by atoms with Crippen LogP contribution in [0.15, 0.2) is 55.0 Å². The summed E-state index contributed by atoms with van der Waals surface area (Å²) in [7, 11) is 1.93. The first-order chi connectivity index (χ1) is 12.1. The van der Waals surface area contributed by atoms with Crippen molar-refractivity contribution >= 4 is 16.8 Å². The minimum Gasteiger partial charge on any atom is -0.351 e. The quantitative estimate of drug-likeness (QED) is 0.753. The van der Waals surface area contributed by atoms with E-state index >= 15 is 0 Å². The van der Waals surface area contributed by atoms with Gasteiger partial charge in [0.05, 0.1) is 12.1 Å². The Labute approximate surface area is 147 Å². The predicted molar refractivity (Wildman–Crippen MR) is 98.9 cm³/mol. The zero-order valence-corrected chi connectivity index (χ0v) is 14.6. The van der Waals surface area contributed by atoms with Gasteiger partial charge in [-0.15, -0.1) is 0 Å². The van der Waals surface area contributed by atoms with Crippen molar-refractivity contribution in [2.75, 3.05) is 13.6 Å². The molecule has 0 atom stereocenters. The molecule has 0 unspecified atom stereocenters. The Kier molecular flexibility index (Phi) is 5.36. The number of nitrogens with zero attached hydrogens (tertiary/aromatic N) is 3. The minimum atomic E-state index is 0.00619. The maximum Gasteiger partial charge on any atom is 0.234 e. The third-order valence-corrected chi connectivity index (χ3v) is 4.18. The van der Waals surface area contributed by atoms with Crippen molar-refractivity contribution in [1.29, 1.82) is 0 Å². The van der Waals surface area contributed by atoms with Crippen molar-refractivity contribution in [1.82, 2.24) is 20.2 Å². The number of amides is 1. The number of aryl methyl sites for hydroxylation is 1. The number of benzene rings is 1. The van der Waals surface area contributed by atoms with Crippen molar-refractivity contribution in [2.24, 2.45) is 0 Å². The third-order valence-electron chi connectivity index (χ3n) is 4.18. The minimum absolute atomic E-state index is 0.00619. The first-order valence-electron chi connectivity index (χ1n) is 8.31. The maximum atomic E-state index is 12.3. The van der Waals surface area contributed by atoms with Crippen molar-refractivity contribution in [2.45, 2.75) is 20.0 Å². The van der Waals surface area contributed by atoms with E-state index < -0.39 is 0 Å². The van der Waals surface area contributed by atoms with E-state index in [0.29, 0.717) is 19.6 Å². The lowest BCUT2D eigenvalue weighted by Gasteiger charge is -2.17. The number of carbonyl (C=O) groups excluding carboxylic acids is 1. The molecular formula is C20H22N4O. The molecule has 0 aliphatic heterocycles. The number of fused-ring (bicyclic) bond motifs is 1. The number of carbonyl (C=O) groups is 1. The molecule has 0 radical (unpaired) electrons. The van der Waals surface area contributed by atoms with Gasteiger partial charge in [0.2, 0.25) is 5.91 Å². The summed E-state index contributed by atoms with van der Waals surface area (Å²) in [6.07, 6.45) is 5.35. The predicted octanol–water partition coefficient (Wildman–Crippen LogP) is 2.69. The van der Waals surface area contributed by atoms with Crippen LogP contribution in [0, 0.1) is 6.92 Å². The summed E-state index contributed by atoms with van der Waals surface area (Å²) in [6, 6.07) is 11.9. The maximum absolute atomic E-state index is 12.3. The van der Waals surface area contributed by atoms with Crippen LogP contribution >= 0.6 is 0 Å². The SMILES string of the molecule is Cc1ccc2ncccc2c1CNC(=O)CN(C)Cc1cccnc1. The molecule has 3 rings (SSSR count). The Morgan fingerprint density at radius 1 is 1.16 bits per heavy atom. The number of aromatic nitrogens is 2. The molecular weight excluding hydrogens is 312 g/mol. The topological polar surface area (TPSA) is 58.1 Å². The van der Waals surface area contributed by atoms with Crippen molar-refractivity contribution in [3.05, 3.63) is 71.7 Å². The van der Waals surface area contributed by atoms with Crippen LogP contribution in [0.5, 0.6) is 0 Å². The van der Waals surface area contributed by atoms with Crippen LogP contribution in [0.1, 0.15) is 16.7 Å². The Morgan fingerprint density at radius 2 is 2.00 bits per heavy atom. The highest BCUT2D eigenvalue weighted by molar-refractivity contribution is 5.84. The molecule has 0 spiro atoms. The molecule has 1 amide bonds. The second kappa shape index (κ2) is 7.85. The molecule has 0 saturated heterocycles. The van der Waals surface area contributed by atoms with Crippen molar-refractivity contribution in [3.63, 3.8) is 0 Å². The van der Waals surface area contributed by atoms with Crippen molar-refractivity contribution < 1.29 is 4.79 Å². The third kappa shape index (κ3) is 4.39. The summed E-state index contributed by atoms with van der Waals surface area (Å²) >= 11 is 0. The van der Waals surface area contributed by atoms with E-state index in [0.717, 1.165) is 27.6 Å². The van der Waals surface area contributed by atoms with Gasteiger partial charge in [-0.25, -0.2) is 0 Å². The largest absolute Gasteiger partial charge is 0.351 e. The normalized spacial score (nSPS) is 11.0. The molecule has 25 heavy (non-hydrogen) atoms. The number of nitrogens with one attached hydrogen (secondary N) is 1. The van der Waals surface area contributed by atoms with Crippen LogP contribution in [0.4, 0.5) is 0 Å². The van der Waals surface area contributed by atoms with Gasteiger partial charge in [-0.05, 0) is 48.9 Å². The summed E-state index contributed by atoms with van der Waals surface area (Å²) in [5.41, 5.74) is 4.32. The van der Waals surface area contributed by atoms with Gasteiger partial charge in [0, 0.05) is 37.1 Å². The fraction of sp³-hybridized carbons (Fsp3) is 0.250. The van der Waals surface area contributed by atoms with Gasteiger partial charge >= 0.3 is 0 Å². The molecule has 5 heteroatoms. The monoisotopic (exact) mass is 334 g/mol. The molecule has 0 fully saturated rings. The molecule has 128 valence electrons. The molecule has 1 N–H and O–H groups in total. The fourth-order valence-electron chi connectivity index (χ4n) is 2.90. The molecule has 0 bridgehead atoms. The van der Waals surface area contributed by atoms with E-state index in [1.54, 1.807) is 12.4 Å². The van der Waals surface area contributed by atoms with Crippen LogP contribution in [0.2, 0.25) is 0 Å². The van der Waals surface area contributed by atoms with Gasteiger partial charge in [0.1, 0.15) is 0 Å². The molecule has 1 aromatic carbocycles. The summed E-state index contributed by atoms with van der Waals surface area (Å²) in [5, 5.41) is 4.11. The summed E-state index contributed by atoms with van der Waals surface area (Å²) < 4.78 is 0. The Morgan fingerprint density at radius 3 is 2.80 bits per heavy atom. The van der Waals surface area contributed by atoms with Gasteiger partial charge in [-0.1, -0.05) is 18.2 Å². The van der Waals surface area contributed by atoms with Gasteiger partial charge in [0.25, 0.3) is 0 Å². The Hall–Kier alpha value is -2.79. The smallest absolute Gasteiger partial charge is 0.234 e. The van der Waals surface area contributed by atoms with Crippen LogP contribution in [-0.2, 0) is 17.9 Å². The van der Waals surface area contributed by atoms with Crippen LogP contribution in [-0.4, -0.2) is 34.4 Å². The zero-order valence-electron chi connectivity index (χ0n) is 14.6. The van der Waals surface area contributed by atoms with Gasteiger partial charge in [0.15, 0.2) is 0 Å². The lowest BCUT2D eigenvalue weighted by atomic mass is 10.0. The molecule has 0 aliphatic carbocycles. The number of hydrogen-bond donors (Lipinski definition) is 1. The van der Waals surface area contributed by atoms with E-state index in [1.165, 1.54) is 0 Å². The molecule has 2 aromatic heterocycles. The average molecular weight is 334 g/mol. The second-order valence-electron chi connectivity index (χ2n) is 6.24. The molecule has 3 aromatic rings. The summed E-state index contributed by atoms with van der Waals surface area (Å²) in [5.74, 6) is 0.00619. The first kappa shape index (κ1) is 17.0. The van der Waals surface area contributed by atoms with E-state index in [2.05, 4.69) is 22.2 Å². The lowest BCUT2D eigenvalue weighted by molar-refractivity contribution is -0.122. The lowest BCUT2D eigenvalue weighted by Crippen LogP contribution is -2.34. The highest BCUT2D eigenvalue weighted by Gasteiger charge is 2.10. The van der Waals surface area contributed by atoms with E-state index in [9.17, 15) is 4.79 Å². The number of likely N-dealkylation sites (N-methyl/N-ethyl adjacent to an activating group) is 1. The highest BCUT2D eigenvalue weighted by atomic mass is 16.2. The molecule has 2 heterocycles. The van der Waals surface area contributed by atoms with Crippen LogP contribution in [0.3, 0.4) is 0 Å². The summed E-state index contributed by atoms with van der Waals surface area (Å²) in [6.45, 7) is 3.60. The summed E-state index contributed by atoms with van der Waals surface area (Å²) in [4.78, 5) is 22.7. The van der Waals surface area contributed by atoms with E-state index in [4.69, 9.17) is 0 Å². The van der Waals surface area contributed by atoms with E-state index in [-0.39, 0.29) is 5.91 Å². The Bertz CT molecular complexity index is 864. The Balaban J connectivity index is 1.60. The number of pyridine rings is 2. The second-order valence-corrected chi connectivity index (χ2v) is 6.24. The first-order valence-corrected chi connectivity index (χ1v) is 8.31. The molecule has 0 saturated carbocycles. The number of rotatable bonds is 6. The van der Waals surface area contributed by atoms with Crippen LogP contribution < -0.4 is 5.32 Å². The van der Waals surface area contributed by atoms with Gasteiger partial charge in [-0.3, -0.25) is 19.7 Å². The molecule has 5 nitrogen and oxygen atoms in total. The standard InChI is InChI=1S/C20H22N4O/c1-15-7-8-19-17(6-4-10-22-19)18(15)12-23-20(25)14-24(2)13-16-5-3-9-21-11-16/h3-11H,12-14H2,1-2H3,(H,23,25). The van der Waals surface area contributed by atoms with E-state index in [1.807, 2.05) is 54.5 Å². The number of hydrogen-bond acceptors (Lipinski definition) is 4. The molecule has 0 aliphatic rings. The van der Waals surface area contributed by atoms with Gasteiger partial charge < -0.3 is 5.32 Å². The zero-order chi connectivity index (χ0) is 17.6. The van der Waals surface area contributed by atoms with Crippen molar-refractivity contribution in [3.8, 4) is 0 Å².